The third-order valence-electron chi connectivity index (χ3n) is 6.46. The molecule has 22 heavy (non-hydrogen) atoms. The molecular formula is C17H24N2O3. The molecule has 1 saturated heterocycles. The first-order valence-electron chi connectivity index (χ1n) is 8.74. The molecule has 2 unspecified atom stereocenters. The fraction of sp³-hybridized carbons (Fsp3) is 0.882. The summed E-state index contributed by atoms with van der Waals surface area (Å²) in [5.41, 5.74) is -0.207. The highest BCUT2D eigenvalue weighted by Gasteiger charge is 2.57. The number of nitrogens with zero attached hydrogens (tertiary/aromatic N) is 2. The Kier molecular flexibility index (Phi) is 2.79. The summed E-state index contributed by atoms with van der Waals surface area (Å²) in [7, 11) is 0. The first-order chi connectivity index (χ1) is 10.6. The van der Waals surface area contributed by atoms with E-state index in [0.29, 0.717) is 24.4 Å². The smallest absolute Gasteiger partial charge is 0.227 e. The van der Waals surface area contributed by atoms with Gasteiger partial charge in [0.1, 0.15) is 0 Å². The van der Waals surface area contributed by atoms with E-state index in [1.165, 1.54) is 19.3 Å². The van der Waals surface area contributed by atoms with Gasteiger partial charge >= 0.3 is 0 Å². The maximum Gasteiger partial charge on any atom is 0.227 e. The predicted molar refractivity (Wildman–Crippen MR) is 78.2 cm³/mol. The van der Waals surface area contributed by atoms with Gasteiger partial charge in [-0.05, 0) is 62.2 Å². The van der Waals surface area contributed by atoms with Gasteiger partial charge in [-0.25, -0.2) is 0 Å². The molecule has 1 N–H and O–H groups in total. The van der Waals surface area contributed by atoms with Gasteiger partial charge in [-0.2, -0.15) is 4.98 Å². The molecule has 1 aromatic rings. The van der Waals surface area contributed by atoms with Crippen molar-refractivity contribution in [3.63, 3.8) is 0 Å². The van der Waals surface area contributed by atoms with E-state index in [1.807, 2.05) is 0 Å². The van der Waals surface area contributed by atoms with E-state index < -0.39 is 5.60 Å². The van der Waals surface area contributed by atoms with Crippen molar-refractivity contribution in [3.05, 3.63) is 11.7 Å². The van der Waals surface area contributed by atoms with Crippen LogP contribution in [0.5, 0.6) is 0 Å². The highest BCUT2D eigenvalue weighted by atomic mass is 16.5. The summed E-state index contributed by atoms with van der Waals surface area (Å²) in [6.45, 7) is 1.52. The third kappa shape index (κ3) is 2.13. The first-order valence-corrected chi connectivity index (χ1v) is 8.74. The average Bonchev–Trinajstić information content (AvgIpc) is 3.05. The summed E-state index contributed by atoms with van der Waals surface area (Å²) >= 11 is 0. The molecule has 5 atom stereocenters. The molecule has 2 heterocycles. The Morgan fingerprint density at radius 2 is 2.00 bits per heavy atom. The largest absolute Gasteiger partial charge is 0.390 e. The van der Waals surface area contributed by atoms with Crippen LogP contribution >= 0.6 is 0 Å². The van der Waals surface area contributed by atoms with Gasteiger partial charge in [0.2, 0.25) is 5.89 Å². The van der Waals surface area contributed by atoms with Crippen LogP contribution in [-0.4, -0.2) is 34.1 Å². The standard InChI is InChI=1S/C17H24N2O3/c20-17-6-11-3-12(7-17)5-16(4-11,10-17)8-14-18-15(19-22-14)13-1-2-21-9-13/h11-13,20H,1-10H2/t11-,12+,13-,16?,17?/m1/s1. The van der Waals surface area contributed by atoms with E-state index in [4.69, 9.17) is 9.26 Å². The van der Waals surface area contributed by atoms with Crippen molar-refractivity contribution in [1.82, 2.24) is 10.1 Å². The monoisotopic (exact) mass is 304 g/mol. The first kappa shape index (κ1) is 13.5. The molecule has 5 fully saturated rings. The van der Waals surface area contributed by atoms with Crippen LogP contribution < -0.4 is 0 Å². The number of hydrogen-bond acceptors (Lipinski definition) is 5. The second kappa shape index (κ2) is 4.54. The highest BCUT2D eigenvalue weighted by molar-refractivity contribution is 5.11. The molecule has 4 aliphatic carbocycles. The molecule has 5 nitrogen and oxygen atoms in total. The van der Waals surface area contributed by atoms with Crippen LogP contribution in [0.15, 0.2) is 4.52 Å². The molecule has 0 spiro atoms. The molecule has 4 bridgehead atoms. The normalized spacial score (nSPS) is 46.5. The lowest BCUT2D eigenvalue weighted by Gasteiger charge is -2.60. The topological polar surface area (TPSA) is 68.4 Å². The van der Waals surface area contributed by atoms with Crippen LogP contribution in [0.4, 0.5) is 0 Å². The van der Waals surface area contributed by atoms with Crippen molar-refractivity contribution >= 4 is 0 Å². The van der Waals surface area contributed by atoms with Crippen molar-refractivity contribution in [3.8, 4) is 0 Å². The summed E-state index contributed by atoms with van der Waals surface area (Å²) in [5, 5.41) is 15.0. The lowest BCUT2D eigenvalue weighted by molar-refractivity contribution is -0.164. The van der Waals surface area contributed by atoms with Crippen LogP contribution in [0.25, 0.3) is 0 Å². The lowest BCUT2D eigenvalue weighted by Crippen LogP contribution is -2.56. The molecule has 0 amide bonds. The van der Waals surface area contributed by atoms with Gasteiger partial charge in [0.15, 0.2) is 5.82 Å². The summed E-state index contributed by atoms with van der Waals surface area (Å²) in [6.07, 6.45) is 8.58. The molecule has 5 aliphatic rings. The zero-order chi connectivity index (χ0) is 14.8. The van der Waals surface area contributed by atoms with Gasteiger partial charge in [0.25, 0.3) is 0 Å². The lowest BCUT2D eigenvalue weighted by atomic mass is 9.47. The minimum Gasteiger partial charge on any atom is -0.390 e. The minimum atomic E-state index is -0.410. The maximum atomic E-state index is 10.8. The number of ether oxygens (including phenoxy) is 1. The highest BCUT2D eigenvalue weighted by Crippen LogP contribution is 2.62. The van der Waals surface area contributed by atoms with Crippen molar-refractivity contribution in [2.45, 2.75) is 62.9 Å². The third-order valence-corrected chi connectivity index (χ3v) is 6.46. The molecule has 1 aromatic heterocycles. The van der Waals surface area contributed by atoms with Gasteiger partial charge < -0.3 is 14.4 Å². The average molecular weight is 304 g/mol. The van der Waals surface area contributed by atoms with E-state index in [0.717, 1.165) is 50.4 Å². The van der Waals surface area contributed by atoms with E-state index in [9.17, 15) is 5.11 Å². The Hall–Kier alpha value is -0.940. The summed E-state index contributed by atoms with van der Waals surface area (Å²) in [5.74, 6) is 3.30. The Labute approximate surface area is 130 Å². The zero-order valence-corrected chi connectivity index (χ0v) is 13.0. The quantitative estimate of drug-likeness (QED) is 0.929. The Bertz CT molecular complexity index is 564. The van der Waals surface area contributed by atoms with E-state index >= 15 is 0 Å². The molecule has 5 heteroatoms. The molecule has 120 valence electrons. The molecule has 0 aromatic carbocycles. The van der Waals surface area contributed by atoms with Crippen molar-refractivity contribution in [2.24, 2.45) is 17.3 Å². The second-order valence-corrected chi connectivity index (χ2v) is 8.47. The number of aromatic nitrogens is 2. The molecule has 1 aliphatic heterocycles. The second-order valence-electron chi connectivity index (χ2n) is 8.47. The van der Waals surface area contributed by atoms with E-state index in [-0.39, 0.29) is 5.41 Å². The van der Waals surface area contributed by atoms with Gasteiger partial charge in [-0.3, -0.25) is 0 Å². The van der Waals surface area contributed by atoms with E-state index in [2.05, 4.69) is 10.1 Å². The van der Waals surface area contributed by atoms with E-state index in [1.54, 1.807) is 0 Å². The fourth-order valence-corrected chi connectivity index (χ4v) is 6.17. The molecule has 6 rings (SSSR count). The Balaban J connectivity index is 1.37. The Morgan fingerprint density at radius 1 is 1.18 bits per heavy atom. The molecular weight excluding hydrogens is 280 g/mol. The van der Waals surface area contributed by atoms with Gasteiger partial charge in [0.05, 0.1) is 12.2 Å². The SMILES string of the molecule is OC12C[C@H]3C[C@@H](C1)CC(Cc1nc([C@@H]4CCOC4)no1)(C3)C2. The van der Waals surface area contributed by atoms with Crippen LogP contribution in [0.1, 0.15) is 62.6 Å². The van der Waals surface area contributed by atoms with Crippen LogP contribution in [-0.2, 0) is 11.2 Å². The van der Waals surface area contributed by atoms with Crippen LogP contribution in [0.2, 0.25) is 0 Å². The summed E-state index contributed by atoms with van der Waals surface area (Å²) < 4.78 is 11.0. The van der Waals surface area contributed by atoms with Gasteiger partial charge in [-0.15, -0.1) is 0 Å². The molecule has 0 radical (unpaired) electrons. The van der Waals surface area contributed by atoms with Crippen molar-refractivity contribution < 1.29 is 14.4 Å². The maximum absolute atomic E-state index is 10.8. The number of hydrogen-bond donors (Lipinski definition) is 1. The minimum absolute atomic E-state index is 0.203. The van der Waals surface area contributed by atoms with Crippen molar-refractivity contribution in [2.75, 3.05) is 13.2 Å². The zero-order valence-electron chi connectivity index (χ0n) is 13.0. The number of rotatable bonds is 3. The predicted octanol–water partition coefficient (Wildman–Crippen LogP) is 2.45. The molecule has 4 saturated carbocycles. The van der Waals surface area contributed by atoms with Crippen LogP contribution in [0.3, 0.4) is 0 Å². The summed E-state index contributed by atoms with van der Waals surface area (Å²) in [4.78, 5) is 4.65. The number of aliphatic hydroxyl groups is 1. The van der Waals surface area contributed by atoms with Crippen LogP contribution in [0, 0.1) is 17.3 Å². The van der Waals surface area contributed by atoms with Gasteiger partial charge in [0, 0.05) is 18.9 Å². The van der Waals surface area contributed by atoms with Gasteiger partial charge in [-0.1, -0.05) is 5.16 Å². The fourth-order valence-electron chi connectivity index (χ4n) is 6.17. The van der Waals surface area contributed by atoms with Crippen molar-refractivity contribution in [1.29, 1.82) is 0 Å². The Morgan fingerprint density at radius 3 is 2.68 bits per heavy atom. The summed E-state index contributed by atoms with van der Waals surface area (Å²) in [6, 6.07) is 0.